The third-order valence-electron chi connectivity index (χ3n) is 3.67. The van der Waals surface area contributed by atoms with Crippen LogP contribution in [-0.2, 0) is 4.79 Å². The van der Waals surface area contributed by atoms with E-state index in [4.69, 9.17) is 0 Å². The van der Waals surface area contributed by atoms with Crippen molar-refractivity contribution >= 4 is 27.7 Å². The van der Waals surface area contributed by atoms with Crippen molar-refractivity contribution in [2.75, 3.05) is 26.2 Å². The molecule has 1 aromatic rings. The maximum Gasteiger partial charge on any atom is 0.254 e. The van der Waals surface area contributed by atoms with Crippen molar-refractivity contribution in [3.8, 4) is 0 Å². The molecule has 0 saturated carbocycles. The van der Waals surface area contributed by atoms with Gasteiger partial charge in [-0.1, -0.05) is 42.8 Å². The van der Waals surface area contributed by atoms with Crippen LogP contribution in [0.2, 0.25) is 0 Å². The molecule has 1 aliphatic rings. The number of piperazine rings is 1. The summed E-state index contributed by atoms with van der Waals surface area (Å²) in [5.74, 6) is 0.214. The Bertz CT molecular complexity index is 558. The molecule has 1 saturated heterocycles. The van der Waals surface area contributed by atoms with E-state index in [0.717, 1.165) is 4.47 Å². The number of nitrogens with zero attached hydrogens (tertiary/aromatic N) is 2. The zero-order chi connectivity index (χ0) is 16.3. The van der Waals surface area contributed by atoms with Gasteiger partial charge in [-0.3, -0.25) is 9.59 Å². The Labute approximate surface area is 140 Å². The molecule has 22 heavy (non-hydrogen) atoms. The summed E-state index contributed by atoms with van der Waals surface area (Å²) in [7, 11) is 0. The molecule has 0 unspecified atom stereocenters. The van der Waals surface area contributed by atoms with Gasteiger partial charge in [-0.25, -0.2) is 0 Å². The van der Waals surface area contributed by atoms with Gasteiger partial charge in [-0.15, -0.1) is 0 Å². The van der Waals surface area contributed by atoms with Crippen LogP contribution in [0.1, 0.15) is 37.6 Å². The molecule has 0 N–H and O–H groups in total. The average Bonchev–Trinajstić information content (AvgIpc) is 2.45. The van der Waals surface area contributed by atoms with Crippen LogP contribution in [0.15, 0.2) is 28.7 Å². The van der Waals surface area contributed by atoms with Crippen molar-refractivity contribution in [3.05, 3.63) is 34.3 Å². The first-order chi connectivity index (χ1) is 10.3. The van der Waals surface area contributed by atoms with Gasteiger partial charge in [0.05, 0.1) is 0 Å². The predicted molar refractivity (Wildman–Crippen MR) is 90.7 cm³/mol. The highest BCUT2D eigenvalue weighted by Crippen LogP contribution is 2.21. The third-order valence-corrected chi connectivity index (χ3v) is 4.17. The molecular formula is C17H23BrN2O2. The van der Waals surface area contributed by atoms with E-state index in [0.29, 0.717) is 38.2 Å². The Morgan fingerprint density at radius 1 is 1.09 bits per heavy atom. The second-order valence-electron chi connectivity index (χ2n) is 6.92. The van der Waals surface area contributed by atoms with Crippen molar-refractivity contribution in [1.82, 2.24) is 9.80 Å². The number of carbonyl (C=O) groups is 2. The van der Waals surface area contributed by atoms with Crippen molar-refractivity contribution < 1.29 is 9.59 Å². The topological polar surface area (TPSA) is 40.6 Å². The smallest absolute Gasteiger partial charge is 0.254 e. The van der Waals surface area contributed by atoms with Gasteiger partial charge < -0.3 is 9.80 Å². The first-order valence-corrected chi connectivity index (χ1v) is 8.38. The van der Waals surface area contributed by atoms with Crippen LogP contribution in [0.5, 0.6) is 0 Å². The number of hydrogen-bond acceptors (Lipinski definition) is 2. The molecule has 0 aliphatic carbocycles. The number of halogens is 1. The third kappa shape index (κ3) is 4.57. The molecule has 1 aromatic carbocycles. The first kappa shape index (κ1) is 17.0. The second kappa shape index (κ2) is 6.82. The number of benzene rings is 1. The van der Waals surface area contributed by atoms with Gasteiger partial charge in [0.1, 0.15) is 0 Å². The van der Waals surface area contributed by atoms with E-state index in [1.54, 1.807) is 0 Å². The van der Waals surface area contributed by atoms with Crippen LogP contribution in [0.3, 0.4) is 0 Å². The standard InChI is InChI=1S/C17H23BrN2O2/c1-17(2,3)12-15(21)19-7-9-20(10-8-19)16(22)13-5-4-6-14(18)11-13/h4-6,11H,7-10,12H2,1-3H3. The van der Waals surface area contributed by atoms with E-state index in [-0.39, 0.29) is 17.2 Å². The van der Waals surface area contributed by atoms with Crippen molar-refractivity contribution in [1.29, 1.82) is 0 Å². The molecule has 0 radical (unpaired) electrons. The van der Waals surface area contributed by atoms with Gasteiger partial charge in [-0.05, 0) is 23.6 Å². The fraction of sp³-hybridized carbons (Fsp3) is 0.529. The number of rotatable bonds is 2. The fourth-order valence-electron chi connectivity index (χ4n) is 2.53. The minimum Gasteiger partial charge on any atom is -0.339 e. The van der Waals surface area contributed by atoms with E-state index < -0.39 is 0 Å². The molecule has 1 heterocycles. The molecule has 0 bridgehead atoms. The van der Waals surface area contributed by atoms with Gasteiger partial charge in [-0.2, -0.15) is 0 Å². The van der Waals surface area contributed by atoms with E-state index in [1.807, 2.05) is 34.1 Å². The molecule has 2 rings (SSSR count). The number of carbonyl (C=O) groups excluding carboxylic acids is 2. The Morgan fingerprint density at radius 2 is 1.68 bits per heavy atom. The SMILES string of the molecule is CC(C)(C)CC(=O)N1CCN(C(=O)c2cccc(Br)c2)CC1. The highest BCUT2D eigenvalue weighted by Gasteiger charge is 2.27. The summed E-state index contributed by atoms with van der Waals surface area (Å²) >= 11 is 3.39. The van der Waals surface area contributed by atoms with Crippen LogP contribution in [0.4, 0.5) is 0 Å². The molecule has 0 aromatic heterocycles. The van der Waals surface area contributed by atoms with E-state index in [1.165, 1.54) is 0 Å². The summed E-state index contributed by atoms with van der Waals surface area (Å²) in [5.41, 5.74) is 0.684. The largest absolute Gasteiger partial charge is 0.339 e. The van der Waals surface area contributed by atoms with Crippen LogP contribution in [0.25, 0.3) is 0 Å². The Balaban J connectivity index is 1.92. The van der Waals surface area contributed by atoms with Crippen LogP contribution in [0, 0.1) is 5.41 Å². The van der Waals surface area contributed by atoms with Gasteiger partial charge >= 0.3 is 0 Å². The lowest BCUT2D eigenvalue weighted by molar-refractivity contribution is -0.134. The zero-order valence-electron chi connectivity index (χ0n) is 13.4. The maximum atomic E-state index is 12.5. The average molecular weight is 367 g/mol. The zero-order valence-corrected chi connectivity index (χ0v) is 15.0. The molecule has 1 aliphatic heterocycles. The molecule has 0 spiro atoms. The Hall–Kier alpha value is -1.36. The highest BCUT2D eigenvalue weighted by molar-refractivity contribution is 9.10. The van der Waals surface area contributed by atoms with Gasteiger partial charge in [0.15, 0.2) is 0 Å². The lowest BCUT2D eigenvalue weighted by Crippen LogP contribution is -2.51. The Kier molecular flexibility index (Phi) is 5.27. The minimum atomic E-state index is 0.000350. The van der Waals surface area contributed by atoms with Gasteiger partial charge in [0.2, 0.25) is 5.91 Å². The number of amides is 2. The van der Waals surface area contributed by atoms with Crippen molar-refractivity contribution in [2.24, 2.45) is 5.41 Å². The lowest BCUT2D eigenvalue weighted by atomic mass is 9.91. The summed E-state index contributed by atoms with van der Waals surface area (Å²) in [6.07, 6.45) is 0.548. The highest BCUT2D eigenvalue weighted by atomic mass is 79.9. The second-order valence-corrected chi connectivity index (χ2v) is 7.84. The van der Waals surface area contributed by atoms with E-state index in [9.17, 15) is 9.59 Å². The van der Waals surface area contributed by atoms with E-state index in [2.05, 4.69) is 36.7 Å². The van der Waals surface area contributed by atoms with Gasteiger partial charge in [0, 0.05) is 42.6 Å². The molecule has 0 atom stereocenters. The van der Waals surface area contributed by atoms with Crippen molar-refractivity contribution in [2.45, 2.75) is 27.2 Å². The molecule has 1 fully saturated rings. The predicted octanol–water partition coefficient (Wildman–Crippen LogP) is 3.17. The summed E-state index contributed by atoms with van der Waals surface area (Å²) in [5, 5.41) is 0. The molecule has 120 valence electrons. The summed E-state index contributed by atoms with van der Waals surface area (Å²) < 4.78 is 0.900. The summed E-state index contributed by atoms with van der Waals surface area (Å²) in [4.78, 5) is 28.4. The van der Waals surface area contributed by atoms with Crippen LogP contribution < -0.4 is 0 Å². The van der Waals surface area contributed by atoms with Crippen molar-refractivity contribution in [3.63, 3.8) is 0 Å². The number of hydrogen-bond donors (Lipinski definition) is 0. The first-order valence-electron chi connectivity index (χ1n) is 7.59. The summed E-state index contributed by atoms with van der Waals surface area (Å²) in [6, 6.07) is 7.42. The normalized spacial score (nSPS) is 15.8. The quantitative estimate of drug-likeness (QED) is 0.806. The van der Waals surface area contributed by atoms with Crippen LogP contribution >= 0.6 is 15.9 Å². The molecule has 4 nitrogen and oxygen atoms in total. The maximum absolute atomic E-state index is 12.5. The fourth-order valence-corrected chi connectivity index (χ4v) is 2.93. The summed E-state index contributed by atoms with van der Waals surface area (Å²) in [6.45, 7) is 8.64. The molecule has 5 heteroatoms. The van der Waals surface area contributed by atoms with Crippen LogP contribution in [-0.4, -0.2) is 47.8 Å². The van der Waals surface area contributed by atoms with Gasteiger partial charge in [0.25, 0.3) is 5.91 Å². The molecular weight excluding hydrogens is 344 g/mol. The Morgan fingerprint density at radius 3 is 2.23 bits per heavy atom. The molecule has 2 amide bonds. The monoisotopic (exact) mass is 366 g/mol. The lowest BCUT2D eigenvalue weighted by Gasteiger charge is -2.36. The van der Waals surface area contributed by atoms with E-state index >= 15 is 0 Å². The minimum absolute atomic E-state index is 0.000350.